The molecule has 4 aliphatic carbocycles. The van der Waals surface area contributed by atoms with E-state index in [9.17, 15) is 0 Å². The minimum Gasteiger partial charge on any atom is -0.694 e. The summed E-state index contributed by atoms with van der Waals surface area (Å²) in [6.45, 7) is 3.08. The fraction of sp³-hybridized carbons (Fsp3) is 0.846. The van der Waals surface area contributed by atoms with E-state index in [1.54, 1.807) is 13.8 Å². The molecule has 1 radical (unpaired) electrons. The third kappa shape index (κ3) is 41.3. The molecule has 0 nitrogen and oxygen atoms in total. The molecule has 0 aromatic rings. The average Bonchev–Trinajstić information content (AvgIpc) is 3.53. The molecule has 157 valence electrons. The quantitative estimate of drug-likeness (QED) is 0.143. The first-order valence-electron chi connectivity index (χ1n) is 11.5. The Kier molecular flexibility index (Phi) is 49.8. The molecule has 0 aliphatic heterocycles. The van der Waals surface area contributed by atoms with Gasteiger partial charge < -0.3 is 24.7 Å². The van der Waals surface area contributed by atoms with E-state index in [2.05, 4.69) is 0 Å². The fourth-order valence-electron chi connectivity index (χ4n) is 3.54. The molecule has 2 heteroatoms. The van der Waals surface area contributed by atoms with Crippen LogP contribution in [0, 0.1) is 24.7 Å². The summed E-state index contributed by atoms with van der Waals surface area (Å²) in [6.07, 6.45) is 41.9. The van der Waals surface area contributed by atoms with Crippen LogP contribution in [0.25, 0.3) is 0 Å². The van der Waals surface area contributed by atoms with Crippen molar-refractivity contribution in [3.8, 4) is 11.8 Å². The van der Waals surface area contributed by atoms with Gasteiger partial charge in [0, 0.05) is 25.8 Å². The van der Waals surface area contributed by atoms with Gasteiger partial charge in [-0.1, -0.05) is 128 Å². The summed E-state index contributed by atoms with van der Waals surface area (Å²) in [7, 11) is 0. The normalized spacial score (nSPS) is 17.7. The van der Waals surface area contributed by atoms with Crippen molar-refractivity contribution in [1.29, 1.82) is 0 Å². The second kappa shape index (κ2) is 38.5. The topological polar surface area (TPSA) is 0 Å². The van der Waals surface area contributed by atoms with Crippen LogP contribution < -0.4 is 0 Å². The summed E-state index contributed by atoms with van der Waals surface area (Å²) in [6, 6.07) is 0. The maximum Gasteiger partial charge on any atom is 3.00 e. The van der Waals surface area contributed by atoms with E-state index in [0.29, 0.717) is 0 Å². The Morgan fingerprint density at radius 1 is 0.357 bits per heavy atom. The average molecular weight is 628 g/mol. The van der Waals surface area contributed by atoms with Crippen LogP contribution in [0.15, 0.2) is 0 Å². The van der Waals surface area contributed by atoms with Crippen molar-refractivity contribution in [3.05, 3.63) is 12.8 Å². The van der Waals surface area contributed by atoms with Crippen molar-refractivity contribution in [2.24, 2.45) is 0 Å². The first kappa shape index (κ1) is 36.3. The molecule has 0 spiro atoms. The Balaban J connectivity index is -0.000000124. The summed E-state index contributed by atoms with van der Waals surface area (Å²) < 4.78 is 0. The van der Waals surface area contributed by atoms with E-state index in [0.717, 1.165) is 0 Å². The minimum atomic E-state index is 0. The molecule has 0 heterocycles. The van der Waals surface area contributed by atoms with Gasteiger partial charge >= 0.3 is 26.2 Å². The van der Waals surface area contributed by atoms with E-state index in [1.165, 1.54) is 128 Å². The van der Waals surface area contributed by atoms with Crippen LogP contribution in [0.5, 0.6) is 0 Å². The van der Waals surface area contributed by atoms with Gasteiger partial charge in [0.15, 0.2) is 0 Å². The Hall–Kier alpha value is 0.873. The molecule has 4 saturated carbocycles. The summed E-state index contributed by atoms with van der Waals surface area (Å²) in [5, 5.41) is 0. The zero-order valence-electron chi connectivity index (χ0n) is 19.1. The Bertz CT molecular complexity index is 215. The smallest absolute Gasteiger partial charge is 0.694 e. The van der Waals surface area contributed by atoms with Crippen LogP contribution in [-0.2, 0) is 52.0 Å². The molecular weight excluding hydrogens is 582 g/mol. The van der Waals surface area contributed by atoms with E-state index >= 15 is 0 Å². The van der Waals surface area contributed by atoms with Crippen LogP contribution in [0.1, 0.15) is 142 Å². The van der Waals surface area contributed by atoms with Gasteiger partial charge in [-0.2, -0.15) is 0 Å². The van der Waals surface area contributed by atoms with Crippen LogP contribution in [0.4, 0.5) is 0 Å². The first-order chi connectivity index (χ1) is 12.8. The predicted molar refractivity (Wildman–Crippen MR) is 118 cm³/mol. The van der Waals surface area contributed by atoms with Gasteiger partial charge in [0.2, 0.25) is 0 Å². The molecule has 0 aromatic carbocycles. The second-order valence-electron chi connectivity index (χ2n) is 7.57. The third-order valence-corrected chi connectivity index (χ3v) is 5.00. The molecule has 0 atom stereocenters. The minimum absolute atomic E-state index is 0. The van der Waals surface area contributed by atoms with E-state index in [1.807, 2.05) is 11.8 Å². The summed E-state index contributed by atoms with van der Waals surface area (Å²) >= 11 is 0. The maximum absolute atomic E-state index is 5.96. The number of hydrogen-bond acceptors (Lipinski definition) is 0. The van der Waals surface area contributed by atoms with Gasteiger partial charge in [-0.25, -0.2) is 0 Å². The van der Waals surface area contributed by atoms with Crippen LogP contribution >= 0.6 is 0 Å². The largest absolute Gasteiger partial charge is 3.00 e. The van der Waals surface area contributed by atoms with E-state index in [4.69, 9.17) is 12.8 Å². The van der Waals surface area contributed by atoms with Crippen molar-refractivity contribution in [2.45, 2.75) is 142 Å². The van der Waals surface area contributed by atoms with Gasteiger partial charge in [0.1, 0.15) is 0 Å². The predicted octanol–water partition coefficient (Wildman–Crippen LogP) is 8.99. The van der Waals surface area contributed by atoms with Crippen LogP contribution in [-0.4, -0.2) is 0 Å². The maximum atomic E-state index is 5.96. The standard InChI is InChI=1S/4C5H10.2C3H3.Hf.Zr/c4*1-2-4-5-3-1;2*1-3-2;;/h4*1-5H2;2*1H3;;/q;;;;2*-1;;+3. The fourth-order valence-corrected chi connectivity index (χ4v) is 3.54. The zero-order chi connectivity index (χ0) is 19.6. The Labute approximate surface area is 217 Å². The van der Waals surface area contributed by atoms with Gasteiger partial charge in [-0.15, -0.1) is 0 Å². The van der Waals surface area contributed by atoms with E-state index < -0.39 is 0 Å². The molecule has 0 unspecified atom stereocenters. The molecule has 4 aliphatic rings. The van der Waals surface area contributed by atoms with Crippen molar-refractivity contribution in [3.63, 3.8) is 0 Å². The van der Waals surface area contributed by atoms with Gasteiger partial charge in [-0.05, 0) is 13.8 Å². The molecule has 4 rings (SSSR count). The SMILES string of the molecule is C1CCCC1.C1CCCC1.C1CCCC1.C1CCCC1.[C-]#CC.[C-]#CC.[Hf].[Zr+3]. The molecule has 28 heavy (non-hydrogen) atoms. The van der Waals surface area contributed by atoms with Crippen molar-refractivity contribution < 1.29 is 52.0 Å². The summed E-state index contributed by atoms with van der Waals surface area (Å²) in [5.74, 6) is 4.00. The van der Waals surface area contributed by atoms with Gasteiger partial charge in [0.25, 0.3) is 0 Å². The summed E-state index contributed by atoms with van der Waals surface area (Å²) in [4.78, 5) is 0. The van der Waals surface area contributed by atoms with Crippen molar-refractivity contribution in [1.82, 2.24) is 0 Å². The molecule has 0 aromatic heterocycles. The second-order valence-corrected chi connectivity index (χ2v) is 7.57. The van der Waals surface area contributed by atoms with Crippen molar-refractivity contribution >= 4 is 0 Å². The number of rotatable bonds is 0. The van der Waals surface area contributed by atoms with Crippen LogP contribution in [0.2, 0.25) is 0 Å². The zero-order valence-corrected chi connectivity index (χ0v) is 25.2. The molecule has 0 amide bonds. The summed E-state index contributed by atoms with van der Waals surface area (Å²) in [5.41, 5.74) is 0. The van der Waals surface area contributed by atoms with Crippen LogP contribution in [0.3, 0.4) is 0 Å². The van der Waals surface area contributed by atoms with Gasteiger partial charge in [0.05, 0.1) is 0 Å². The Morgan fingerprint density at radius 2 is 0.393 bits per heavy atom. The molecular formula is C26H46HfZr+. The van der Waals surface area contributed by atoms with Crippen molar-refractivity contribution in [2.75, 3.05) is 0 Å². The third-order valence-electron chi connectivity index (χ3n) is 5.00. The van der Waals surface area contributed by atoms with E-state index in [-0.39, 0.29) is 52.0 Å². The molecule has 0 N–H and O–H groups in total. The Morgan fingerprint density at radius 3 is 0.429 bits per heavy atom. The molecule has 0 saturated heterocycles. The number of hydrogen-bond donors (Lipinski definition) is 0. The molecule has 0 bridgehead atoms. The molecule has 4 fully saturated rings. The van der Waals surface area contributed by atoms with Gasteiger partial charge in [-0.3, -0.25) is 0 Å². The monoisotopic (exact) mass is 628 g/mol. The first-order valence-corrected chi connectivity index (χ1v) is 11.5.